The molecule has 3 aromatic rings. The fourth-order valence-electron chi connectivity index (χ4n) is 2.99. The van der Waals surface area contributed by atoms with Crippen molar-refractivity contribution in [2.45, 2.75) is 25.6 Å². The normalized spacial score (nSPS) is 12.8. The number of pyridine rings is 1. The maximum absolute atomic E-state index is 12.8. The summed E-state index contributed by atoms with van der Waals surface area (Å²) in [5, 5.41) is 3.60. The van der Waals surface area contributed by atoms with E-state index < -0.39 is 11.7 Å². The molecule has 1 amide bonds. The average molecular weight is 387 g/mol. The summed E-state index contributed by atoms with van der Waals surface area (Å²) in [5.74, 6) is -0.240. The maximum atomic E-state index is 12.8. The minimum atomic E-state index is -4.38. The van der Waals surface area contributed by atoms with Gasteiger partial charge in [0.05, 0.1) is 16.6 Å². The van der Waals surface area contributed by atoms with Crippen molar-refractivity contribution in [2.24, 2.45) is 5.73 Å². The smallest absolute Gasteiger partial charge is 0.349 e. The van der Waals surface area contributed by atoms with Gasteiger partial charge in [-0.15, -0.1) is 0 Å². The molecule has 4 nitrogen and oxygen atoms in total. The van der Waals surface area contributed by atoms with Gasteiger partial charge in [-0.3, -0.25) is 9.78 Å². The number of halogens is 3. The van der Waals surface area contributed by atoms with E-state index in [4.69, 9.17) is 5.73 Å². The summed E-state index contributed by atoms with van der Waals surface area (Å²) in [5.41, 5.74) is 7.16. The molecule has 0 radical (unpaired) electrons. The van der Waals surface area contributed by atoms with E-state index in [0.717, 1.165) is 17.5 Å². The van der Waals surface area contributed by atoms with Gasteiger partial charge >= 0.3 is 6.18 Å². The molecule has 0 bridgehead atoms. The molecule has 0 aliphatic rings. The first kappa shape index (κ1) is 19.8. The Morgan fingerprint density at radius 2 is 1.89 bits per heavy atom. The molecule has 0 aliphatic heterocycles. The monoisotopic (exact) mass is 387 g/mol. The third kappa shape index (κ3) is 4.31. The van der Waals surface area contributed by atoms with Crippen LogP contribution in [0.5, 0.6) is 0 Å². The molecule has 0 saturated heterocycles. The summed E-state index contributed by atoms with van der Waals surface area (Å²) >= 11 is 0. The van der Waals surface area contributed by atoms with Crippen LogP contribution in [0.15, 0.2) is 54.7 Å². The molecule has 3 N–H and O–H groups in total. The summed E-state index contributed by atoms with van der Waals surface area (Å²) in [6, 6.07) is 12.0. The number of nitrogens with zero attached hydrogens (tertiary/aromatic N) is 1. The molecular weight excluding hydrogens is 367 g/mol. The summed E-state index contributed by atoms with van der Waals surface area (Å²) in [4.78, 5) is 16.8. The number of fused-ring (bicyclic) bond motifs is 1. The van der Waals surface area contributed by atoms with Gasteiger partial charge in [-0.1, -0.05) is 30.3 Å². The van der Waals surface area contributed by atoms with Crippen molar-refractivity contribution >= 4 is 16.8 Å². The summed E-state index contributed by atoms with van der Waals surface area (Å²) in [7, 11) is 0. The Hall–Kier alpha value is -2.93. The highest BCUT2D eigenvalue weighted by Crippen LogP contribution is 2.32. The SMILES string of the molecule is CC(CCN)NC(=O)c1cnc2c(-c3ccc(C(F)(F)F)cc3)cccc2c1. The van der Waals surface area contributed by atoms with Crippen LogP contribution in [0.4, 0.5) is 13.2 Å². The minimum absolute atomic E-state index is 0.0494. The Morgan fingerprint density at radius 3 is 2.54 bits per heavy atom. The highest BCUT2D eigenvalue weighted by molar-refractivity contribution is 6.00. The van der Waals surface area contributed by atoms with Crippen molar-refractivity contribution in [1.82, 2.24) is 10.3 Å². The molecule has 7 heteroatoms. The molecule has 1 aromatic heterocycles. The highest BCUT2D eigenvalue weighted by atomic mass is 19.4. The van der Waals surface area contributed by atoms with Gasteiger partial charge in [0.2, 0.25) is 0 Å². The van der Waals surface area contributed by atoms with Crippen LogP contribution < -0.4 is 11.1 Å². The second-order valence-electron chi connectivity index (χ2n) is 6.63. The number of benzene rings is 2. The van der Waals surface area contributed by atoms with Crippen molar-refractivity contribution in [1.29, 1.82) is 0 Å². The predicted octanol–water partition coefficient (Wildman–Crippen LogP) is 4.39. The lowest BCUT2D eigenvalue weighted by Crippen LogP contribution is -2.34. The van der Waals surface area contributed by atoms with Crippen molar-refractivity contribution < 1.29 is 18.0 Å². The topological polar surface area (TPSA) is 68.0 Å². The van der Waals surface area contributed by atoms with Crippen LogP contribution >= 0.6 is 0 Å². The van der Waals surface area contributed by atoms with Crippen molar-refractivity contribution in [2.75, 3.05) is 6.54 Å². The standard InChI is InChI=1S/C21H20F3N3O/c1-13(9-10-25)27-20(28)16-11-15-3-2-4-18(19(15)26-12-16)14-5-7-17(8-6-14)21(22,23)24/h2-8,11-13H,9-10,25H2,1H3,(H,27,28). The minimum Gasteiger partial charge on any atom is -0.349 e. The van der Waals surface area contributed by atoms with E-state index in [0.29, 0.717) is 35.2 Å². The van der Waals surface area contributed by atoms with Crippen molar-refractivity contribution in [3.8, 4) is 11.1 Å². The van der Waals surface area contributed by atoms with Crippen LogP contribution in [0, 0.1) is 0 Å². The van der Waals surface area contributed by atoms with Crippen LogP contribution in [-0.4, -0.2) is 23.5 Å². The highest BCUT2D eigenvalue weighted by Gasteiger charge is 2.30. The Morgan fingerprint density at radius 1 is 1.18 bits per heavy atom. The van der Waals surface area contributed by atoms with E-state index in [-0.39, 0.29) is 11.9 Å². The number of para-hydroxylation sites is 1. The second kappa shape index (κ2) is 7.98. The number of carbonyl (C=O) groups excluding carboxylic acids is 1. The Bertz CT molecular complexity index is 984. The Balaban J connectivity index is 1.93. The molecule has 3 rings (SSSR count). The van der Waals surface area contributed by atoms with E-state index in [1.54, 1.807) is 18.2 Å². The van der Waals surface area contributed by atoms with Gasteiger partial charge in [-0.25, -0.2) is 0 Å². The van der Waals surface area contributed by atoms with E-state index in [2.05, 4.69) is 10.3 Å². The third-order valence-electron chi connectivity index (χ3n) is 4.47. The molecule has 0 spiro atoms. The quantitative estimate of drug-likeness (QED) is 0.682. The molecule has 2 aromatic carbocycles. The molecule has 1 heterocycles. The number of amides is 1. The summed E-state index contributed by atoms with van der Waals surface area (Å²) in [6.07, 6.45) is -2.23. The van der Waals surface area contributed by atoms with E-state index in [9.17, 15) is 18.0 Å². The fraction of sp³-hybridized carbons (Fsp3) is 0.238. The lowest BCUT2D eigenvalue weighted by Gasteiger charge is -2.13. The molecule has 0 aliphatic carbocycles. The van der Waals surface area contributed by atoms with Gasteiger partial charge in [0, 0.05) is 23.2 Å². The number of alkyl halides is 3. The zero-order valence-corrected chi connectivity index (χ0v) is 15.3. The number of aromatic nitrogens is 1. The zero-order valence-electron chi connectivity index (χ0n) is 15.3. The van der Waals surface area contributed by atoms with Crippen molar-refractivity contribution in [3.63, 3.8) is 0 Å². The number of carbonyl (C=O) groups is 1. The number of hydrogen-bond acceptors (Lipinski definition) is 3. The van der Waals surface area contributed by atoms with Gasteiger partial charge < -0.3 is 11.1 Å². The van der Waals surface area contributed by atoms with Crippen LogP contribution in [0.2, 0.25) is 0 Å². The molecule has 1 unspecified atom stereocenters. The summed E-state index contributed by atoms with van der Waals surface area (Å²) < 4.78 is 38.3. The lowest BCUT2D eigenvalue weighted by molar-refractivity contribution is -0.137. The van der Waals surface area contributed by atoms with Gasteiger partial charge in [-0.05, 0) is 43.7 Å². The van der Waals surface area contributed by atoms with E-state index in [1.165, 1.54) is 18.3 Å². The molecular formula is C21H20F3N3O. The first-order valence-electron chi connectivity index (χ1n) is 8.87. The number of rotatable bonds is 5. The summed E-state index contributed by atoms with van der Waals surface area (Å²) in [6.45, 7) is 2.36. The first-order valence-corrected chi connectivity index (χ1v) is 8.87. The van der Waals surface area contributed by atoms with Crippen LogP contribution in [0.1, 0.15) is 29.3 Å². The van der Waals surface area contributed by atoms with Crippen LogP contribution in [0.25, 0.3) is 22.0 Å². The number of hydrogen-bond donors (Lipinski definition) is 2. The van der Waals surface area contributed by atoms with Crippen molar-refractivity contribution in [3.05, 3.63) is 65.9 Å². The van der Waals surface area contributed by atoms with Gasteiger partial charge in [0.1, 0.15) is 0 Å². The fourth-order valence-corrected chi connectivity index (χ4v) is 2.99. The average Bonchev–Trinajstić information content (AvgIpc) is 2.66. The van der Waals surface area contributed by atoms with Crippen LogP contribution in [-0.2, 0) is 6.18 Å². The second-order valence-corrected chi connectivity index (χ2v) is 6.63. The number of nitrogens with one attached hydrogen (secondary N) is 1. The number of nitrogens with two attached hydrogens (primary N) is 1. The van der Waals surface area contributed by atoms with E-state index >= 15 is 0 Å². The molecule has 146 valence electrons. The first-order chi connectivity index (χ1) is 13.3. The molecule has 28 heavy (non-hydrogen) atoms. The van der Waals surface area contributed by atoms with Gasteiger partial charge in [0.15, 0.2) is 0 Å². The van der Waals surface area contributed by atoms with Gasteiger partial charge in [-0.2, -0.15) is 13.2 Å². The molecule has 1 atom stereocenters. The Labute approximate surface area is 160 Å². The Kier molecular flexibility index (Phi) is 5.65. The predicted molar refractivity (Wildman–Crippen MR) is 103 cm³/mol. The largest absolute Gasteiger partial charge is 0.416 e. The lowest BCUT2D eigenvalue weighted by atomic mass is 10.00. The molecule has 0 saturated carbocycles. The maximum Gasteiger partial charge on any atom is 0.416 e. The molecule has 0 fully saturated rings. The van der Waals surface area contributed by atoms with E-state index in [1.807, 2.05) is 13.0 Å². The third-order valence-corrected chi connectivity index (χ3v) is 4.47. The zero-order chi connectivity index (χ0) is 20.3. The van der Waals surface area contributed by atoms with Crippen LogP contribution in [0.3, 0.4) is 0 Å². The van der Waals surface area contributed by atoms with Gasteiger partial charge in [0.25, 0.3) is 5.91 Å².